The molecule has 1 aliphatic carbocycles. The monoisotopic (exact) mass is 358 g/mol. The smallest absolute Gasteiger partial charge is 0.219 e. The van der Waals surface area contributed by atoms with Gasteiger partial charge in [-0.3, -0.25) is 0 Å². The number of hydrogen-bond acceptors (Lipinski definition) is 3. The van der Waals surface area contributed by atoms with Gasteiger partial charge < -0.3 is 9.64 Å². The van der Waals surface area contributed by atoms with Crippen LogP contribution in [0.2, 0.25) is 0 Å². The predicted molar refractivity (Wildman–Crippen MR) is 111 cm³/mol. The fraction of sp³-hybridized carbons (Fsp3) is 0.292. The lowest BCUT2D eigenvalue weighted by Crippen LogP contribution is -2.36. The molecule has 0 N–H and O–H groups in total. The summed E-state index contributed by atoms with van der Waals surface area (Å²) >= 11 is 0. The molecule has 138 valence electrons. The van der Waals surface area contributed by atoms with Crippen molar-refractivity contribution in [3.05, 3.63) is 78.5 Å². The first-order valence-corrected chi connectivity index (χ1v) is 9.79. The van der Waals surface area contributed by atoms with Gasteiger partial charge in [-0.05, 0) is 73.2 Å². The highest BCUT2D eigenvalue weighted by Crippen LogP contribution is 2.37. The standard InChI is InChI=1S/C24H26N2O/c1-18(2)19-9-11-21(12-10-19)26(20-6-5-7-20)22-13-15-23(16-14-22)27-24-8-3-4-17-25-24/h3-4,8-18,20H,5-7H2,1-2H3. The van der Waals surface area contributed by atoms with Crippen LogP contribution in [0.1, 0.15) is 44.6 Å². The average molecular weight is 358 g/mol. The Bertz CT molecular complexity index is 853. The van der Waals surface area contributed by atoms with Gasteiger partial charge in [0, 0.05) is 29.7 Å². The van der Waals surface area contributed by atoms with Crippen LogP contribution in [0.5, 0.6) is 11.6 Å². The van der Waals surface area contributed by atoms with Gasteiger partial charge in [0.15, 0.2) is 0 Å². The molecule has 1 fully saturated rings. The van der Waals surface area contributed by atoms with Crippen LogP contribution in [0.4, 0.5) is 11.4 Å². The second-order valence-electron chi connectivity index (χ2n) is 7.46. The summed E-state index contributed by atoms with van der Waals surface area (Å²) < 4.78 is 5.83. The summed E-state index contributed by atoms with van der Waals surface area (Å²) in [6.07, 6.45) is 5.55. The second-order valence-corrected chi connectivity index (χ2v) is 7.46. The van der Waals surface area contributed by atoms with Crippen molar-refractivity contribution in [1.82, 2.24) is 4.98 Å². The largest absolute Gasteiger partial charge is 0.439 e. The van der Waals surface area contributed by atoms with Gasteiger partial charge in [0.25, 0.3) is 0 Å². The van der Waals surface area contributed by atoms with Crippen molar-refractivity contribution < 1.29 is 4.74 Å². The molecule has 0 bridgehead atoms. The molecule has 0 atom stereocenters. The third kappa shape index (κ3) is 3.97. The topological polar surface area (TPSA) is 25.4 Å². The van der Waals surface area contributed by atoms with Gasteiger partial charge in [0.1, 0.15) is 5.75 Å². The summed E-state index contributed by atoms with van der Waals surface area (Å²) in [6.45, 7) is 4.47. The van der Waals surface area contributed by atoms with E-state index in [-0.39, 0.29) is 0 Å². The Morgan fingerprint density at radius 3 is 2.07 bits per heavy atom. The van der Waals surface area contributed by atoms with E-state index in [4.69, 9.17) is 4.74 Å². The predicted octanol–water partition coefficient (Wildman–Crippen LogP) is 6.69. The Balaban J connectivity index is 1.57. The summed E-state index contributed by atoms with van der Waals surface area (Å²) in [5.41, 5.74) is 3.86. The molecule has 0 amide bonds. The van der Waals surface area contributed by atoms with Crippen LogP contribution >= 0.6 is 0 Å². The molecule has 0 unspecified atom stereocenters. The summed E-state index contributed by atoms with van der Waals surface area (Å²) in [4.78, 5) is 6.69. The molecule has 0 saturated heterocycles. The Labute approximate surface area is 161 Å². The number of pyridine rings is 1. The fourth-order valence-electron chi connectivity index (χ4n) is 3.44. The quantitative estimate of drug-likeness (QED) is 0.491. The van der Waals surface area contributed by atoms with Crippen molar-refractivity contribution >= 4 is 11.4 Å². The van der Waals surface area contributed by atoms with Gasteiger partial charge in [-0.25, -0.2) is 4.98 Å². The lowest BCUT2D eigenvalue weighted by molar-refractivity contribution is 0.411. The first-order chi connectivity index (χ1) is 13.2. The molecule has 0 radical (unpaired) electrons. The van der Waals surface area contributed by atoms with Crippen molar-refractivity contribution in [3.63, 3.8) is 0 Å². The normalized spacial score (nSPS) is 14.0. The van der Waals surface area contributed by atoms with E-state index < -0.39 is 0 Å². The number of nitrogens with zero attached hydrogens (tertiary/aromatic N) is 2. The Morgan fingerprint density at radius 2 is 1.56 bits per heavy atom. The second kappa shape index (κ2) is 7.83. The third-order valence-corrected chi connectivity index (χ3v) is 5.25. The number of ether oxygens (including phenoxy) is 1. The molecule has 27 heavy (non-hydrogen) atoms. The molecule has 4 rings (SSSR count). The first kappa shape index (κ1) is 17.6. The number of hydrogen-bond donors (Lipinski definition) is 0. The van der Waals surface area contributed by atoms with E-state index in [2.05, 4.69) is 60.1 Å². The van der Waals surface area contributed by atoms with E-state index in [1.54, 1.807) is 6.20 Å². The van der Waals surface area contributed by atoms with Crippen LogP contribution in [0, 0.1) is 0 Å². The molecule has 3 heteroatoms. The molecule has 1 saturated carbocycles. The van der Waals surface area contributed by atoms with E-state index >= 15 is 0 Å². The van der Waals surface area contributed by atoms with Gasteiger partial charge in [-0.15, -0.1) is 0 Å². The average Bonchev–Trinajstić information content (AvgIpc) is 2.66. The molecule has 0 aliphatic heterocycles. The molecule has 2 aromatic carbocycles. The molecule has 3 nitrogen and oxygen atoms in total. The van der Waals surface area contributed by atoms with Gasteiger partial charge in [-0.1, -0.05) is 32.0 Å². The maximum atomic E-state index is 5.83. The number of benzene rings is 2. The van der Waals surface area contributed by atoms with Crippen molar-refractivity contribution in [1.29, 1.82) is 0 Å². The maximum Gasteiger partial charge on any atom is 0.219 e. The molecule has 1 heterocycles. The van der Waals surface area contributed by atoms with E-state index in [0.717, 1.165) is 5.75 Å². The van der Waals surface area contributed by atoms with Crippen molar-refractivity contribution in [2.24, 2.45) is 0 Å². The minimum Gasteiger partial charge on any atom is -0.439 e. The van der Waals surface area contributed by atoms with Gasteiger partial charge in [0.2, 0.25) is 5.88 Å². The first-order valence-electron chi connectivity index (χ1n) is 9.79. The van der Waals surface area contributed by atoms with Crippen LogP contribution in [-0.2, 0) is 0 Å². The van der Waals surface area contributed by atoms with Gasteiger partial charge in [0.05, 0.1) is 0 Å². The number of aromatic nitrogens is 1. The van der Waals surface area contributed by atoms with Gasteiger partial charge in [-0.2, -0.15) is 0 Å². The van der Waals surface area contributed by atoms with Crippen LogP contribution in [0.3, 0.4) is 0 Å². The molecule has 0 spiro atoms. The van der Waals surface area contributed by atoms with Crippen LogP contribution in [0.15, 0.2) is 72.9 Å². The van der Waals surface area contributed by atoms with E-state index in [1.165, 1.54) is 36.2 Å². The third-order valence-electron chi connectivity index (χ3n) is 5.25. The summed E-state index contributed by atoms with van der Waals surface area (Å²) in [5.74, 6) is 1.98. The Morgan fingerprint density at radius 1 is 0.889 bits per heavy atom. The van der Waals surface area contributed by atoms with E-state index in [1.807, 2.05) is 30.3 Å². The summed E-state index contributed by atoms with van der Waals surface area (Å²) in [5, 5.41) is 0. The Hall–Kier alpha value is -2.81. The van der Waals surface area contributed by atoms with Crippen molar-refractivity contribution in [2.45, 2.75) is 45.1 Å². The lowest BCUT2D eigenvalue weighted by atomic mass is 9.90. The summed E-state index contributed by atoms with van der Waals surface area (Å²) in [6, 6.07) is 23.6. The minimum absolute atomic E-state index is 0.555. The molecule has 1 aromatic heterocycles. The molecular formula is C24H26N2O. The van der Waals surface area contributed by atoms with Crippen LogP contribution < -0.4 is 9.64 Å². The highest BCUT2D eigenvalue weighted by molar-refractivity contribution is 5.65. The Kier molecular flexibility index (Phi) is 5.10. The summed E-state index contributed by atoms with van der Waals surface area (Å²) in [7, 11) is 0. The molecule has 3 aromatic rings. The molecular weight excluding hydrogens is 332 g/mol. The zero-order chi connectivity index (χ0) is 18.6. The zero-order valence-corrected chi connectivity index (χ0v) is 16.0. The van der Waals surface area contributed by atoms with Crippen LogP contribution in [-0.4, -0.2) is 11.0 Å². The lowest BCUT2D eigenvalue weighted by Gasteiger charge is -2.39. The maximum absolute atomic E-state index is 5.83. The van der Waals surface area contributed by atoms with E-state index in [0.29, 0.717) is 17.8 Å². The van der Waals surface area contributed by atoms with Crippen LogP contribution in [0.25, 0.3) is 0 Å². The van der Waals surface area contributed by atoms with Gasteiger partial charge >= 0.3 is 0 Å². The highest BCUT2D eigenvalue weighted by atomic mass is 16.5. The fourth-order valence-corrected chi connectivity index (χ4v) is 3.44. The van der Waals surface area contributed by atoms with E-state index in [9.17, 15) is 0 Å². The zero-order valence-electron chi connectivity index (χ0n) is 16.0. The minimum atomic E-state index is 0.555. The number of anilines is 2. The van der Waals surface area contributed by atoms with Crippen molar-refractivity contribution in [3.8, 4) is 11.6 Å². The SMILES string of the molecule is CC(C)c1ccc(N(c2ccc(Oc3ccccn3)cc2)C2CCC2)cc1. The van der Waals surface area contributed by atoms with Crippen molar-refractivity contribution in [2.75, 3.05) is 4.90 Å². The highest BCUT2D eigenvalue weighted by Gasteiger charge is 2.26. The number of rotatable bonds is 6. The molecule has 1 aliphatic rings.